The molecule has 122 valence electrons. The summed E-state index contributed by atoms with van der Waals surface area (Å²) in [7, 11) is -1.12. The van der Waals surface area contributed by atoms with Crippen molar-refractivity contribution in [3.05, 3.63) is 89.7 Å². The van der Waals surface area contributed by atoms with Crippen LogP contribution in [-0.2, 0) is 10.9 Å². The van der Waals surface area contributed by atoms with Gasteiger partial charge in [-0.15, -0.1) is 0 Å². The molecule has 6 heteroatoms. The van der Waals surface area contributed by atoms with Gasteiger partial charge >= 0.3 is 0 Å². The lowest BCUT2D eigenvalue weighted by atomic mass is 10.3. The maximum Gasteiger partial charge on any atom is 0.172 e. The molecule has 0 aromatic heterocycles. The first-order chi connectivity index (χ1) is 11.4. The van der Waals surface area contributed by atoms with Crippen molar-refractivity contribution in [1.82, 2.24) is 0 Å². The van der Waals surface area contributed by atoms with Crippen LogP contribution in [0.1, 0.15) is 0 Å². The molecule has 0 bridgehead atoms. The van der Waals surface area contributed by atoms with Crippen LogP contribution in [0.2, 0.25) is 0 Å². The van der Waals surface area contributed by atoms with Crippen LogP contribution in [0.5, 0.6) is 0 Å². The Balaban J connectivity index is 2.19. The first-order valence-corrected chi connectivity index (χ1v) is 8.07. The Labute approximate surface area is 137 Å². The third-order valence-electron chi connectivity index (χ3n) is 3.25. The van der Waals surface area contributed by atoms with Gasteiger partial charge in [0.2, 0.25) is 0 Å². The second kappa shape index (κ2) is 6.65. The molecule has 0 saturated heterocycles. The maximum absolute atomic E-state index is 13.6. The lowest BCUT2D eigenvalue weighted by molar-refractivity contribution is 0.505. The molecule has 0 fully saturated rings. The van der Waals surface area contributed by atoms with Crippen molar-refractivity contribution in [3.63, 3.8) is 0 Å². The molecule has 0 saturated carbocycles. The second-order valence-corrected chi connectivity index (χ2v) is 6.97. The van der Waals surface area contributed by atoms with E-state index in [-0.39, 0.29) is 4.90 Å². The molecule has 3 rings (SSSR count). The molecule has 0 heterocycles. The maximum atomic E-state index is 13.6. The minimum atomic E-state index is -1.12. The quantitative estimate of drug-likeness (QED) is 0.432. The van der Waals surface area contributed by atoms with Gasteiger partial charge in [-0.25, -0.2) is 22.0 Å². The average Bonchev–Trinajstić information content (AvgIpc) is 2.52. The Kier molecular flexibility index (Phi) is 4.57. The van der Waals surface area contributed by atoms with E-state index in [0.717, 1.165) is 30.3 Å². The van der Waals surface area contributed by atoms with Crippen LogP contribution in [0.4, 0.5) is 22.0 Å². The highest BCUT2D eigenvalue weighted by Crippen LogP contribution is 2.32. The topological polar surface area (TPSA) is 0 Å². The molecule has 3 aromatic carbocycles. The molecule has 0 N–H and O–H groups in total. The van der Waals surface area contributed by atoms with E-state index in [9.17, 15) is 22.0 Å². The van der Waals surface area contributed by atoms with Gasteiger partial charge in [0.05, 0.1) is 10.9 Å². The van der Waals surface area contributed by atoms with E-state index in [4.69, 9.17) is 0 Å². The van der Waals surface area contributed by atoms with Gasteiger partial charge in [-0.1, -0.05) is 0 Å². The van der Waals surface area contributed by atoms with Crippen molar-refractivity contribution >= 4 is 10.9 Å². The Hall–Kier alpha value is -2.34. The van der Waals surface area contributed by atoms with Gasteiger partial charge in [0.1, 0.15) is 17.5 Å². The molecular formula is C18H10F5S+. The van der Waals surface area contributed by atoms with E-state index < -0.39 is 40.0 Å². The molecule has 0 amide bonds. The summed E-state index contributed by atoms with van der Waals surface area (Å²) >= 11 is 0. The first kappa shape index (κ1) is 16.5. The monoisotopic (exact) mass is 353 g/mol. The smallest absolute Gasteiger partial charge is 0.172 e. The van der Waals surface area contributed by atoms with Gasteiger partial charge in [0.25, 0.3) is 0 Å². The van der Waals surface area contributed by atoms with Crippen LogP contribution in [0.15, 0.2) is 75.4 Å². The van der Waals surface area contributed by atoms with Crippen molar-refractivity contribution in [3.8, 4) is 0 Å². The van der Waals surface area contributed by atoms with Crippen LogP contribution in [0.3, 0.4) is 0 Å². The predicted molar refractivity (Wildman–Crippen MR) is 81.3 cm³/mol. The van der Waals surface area contributed by atoms with E-state index >= 15 is 0 Å². The van der Waals surface area contributed by atoms with Crippen molar-refractivity contribution in [2.75, 3.05) is 0 Å². The van der Waals surface area contributed by atoms with Crippen LogP contribution < -0.4 is 0 Å². The summed E-state index contributed by atoms with van der Waals surface area (Å²) in [6.45, 7) is 0. The summed E-state index contributed by atoms with van der Waals surface area (Å²) in [5, 5.41) is 0. The fourth-order valence-corrected chi connectivity index (χ4v) is 4.34. The molecule has 0 spiro atoms. The van der Waals surface area contributed by atoms with Crippen molar-refractivity contribution in [2.24, 2.45) is 0 Å². The van der Waals surface area contributed by atoms with Crippen LogP contribution in [0.25, 0.3) is 0 Å². The van der Waals surface area contributed by atoms with Crippen molar-refractivity contribution in [1.29, 1.82) is 0 Å². The Bertz CT molecular complexity index is 857. The van der Waals surface area contributed by atoms with E-state index in [2.05, 4.69) is 0 Å². The third-order valence-corrected chi connectivity index (χ3v) is 5.42. The van der Waals surface area contributed by atoms with E-state index in [1.54, 1.807) is 0 Å². The number of benzene rings is 3. The molecule has 0 nitrogen and oxygen atoms in total. The Morgan fingerprint density at radius 2 is 1.04 bits per heavy atom. The standard InChI is InChI=1S/C18H10F5S/c19-11-1-3-14(4-2-11)24(15-5-6-17(22)18(23)10-15)16-8-12(20)7-13(21)9-16/h1-10H/q+1. The van der Waals surface area contributed by atoms with E-state index in [1.165, 1.54) is 30.3 Å². The van der Waals surface area contributed by atoms with Crippen molar-refractivity contribution in [2.45, 2.75) is 14.7 Å². The molecule has 3 aromatic rings. The molecule has 24 heavy (non-hydrogen) atoms. The zero-order valence-electron chi connectivity index (χ0n) is 12.1. The number of halogens is 5. The molecule has 1 unspecified atom stereocenters. The molecule has 0 aliphatic carbocycles. The molecular weight excluding hydrogens is 343 g/mol. The lowest BCUT2D eigenvalue weighted by Gasteiger charge is -2.08. The summed E-state index contributed by atoms with van der Waals surface area (Å²) in [6.07, 6.45) is 0. The summed E-state index contributed by atoms with van der Waals surface area (Å²) in [5.74, 6) is -4.13. The van der Waals surface area contributed by atoms with Crippen LogP contribution in [0, 0.1) is 29.1 Å². The van der Waals surface area contributed by atoms with Gasteiger partial charge in [-0.05, 0) is 36.4 Å². The highest BCUT2D eigenvalue weighted by atomic mass is 32.2. The van der Waals surface area contributed by atoms with Crippen LogP contribution in [-0.4, -0.2) is 0 Å². The summed E-state index contributed by atoms with van der Waals surface area (Å²) in [4.78, 5) is 1.09. The zero-order valence-corrected chi connectivity index (χ0v) is 12.9. The minimum Gasteiger partial charge on any atom is -0.207 e. The Morgan fingerprint density at radius 1 is 0.458 bits per heavy atom. The second-order valence-electron chi connectivity index (χ2n) is 4.94. The third kappa shape index (κ3) is 3.43. The van der Waals surface area contributed by atoms with Gasteiger partial charge in [-0.3, -0.25) is 0 Å². The zero-order chi connectivity index (χ0) is 17.3. The average molecular weight is 353 g/mol. The normalized spacial score (nSPS) is 12.2. The summed E-state index contributed by atoms with van der Waals surface area (Å²) in [6, 6.07) is 11.5. The fourth-order valence-electron chi connectivity index (χ4n) is 2.23. The molecule has 0 radical (unpaired) electrons. The highest BCUT2D eigenvalue weighted by Gasteiger charge is 2.31. The van der Waals surface area contributed by atoms with Gasteiger partial charge in [0.15, 0.2) is 26.3 Å². The van der Waals surface area contributed by atoms with E-state index in [0.29, 0.717) is 9.79 Å². The molecule has 0 aliphatic rings. The van der Waals surface area contributed by atoms with Gasteiger partial charge in [0, 0.05) is 24.3 Å². The largest absolute Gasteiger partial charge is 0.207 e. The summed E-state index contributed by atoms with van der Waals surface area (Å²) in [5.41, 5.74) is 0. The molecule has 0 aliphatic heterocycles. The lowest BCUT2D eigenvalue weighted by Crippen LogP contribution is -2.07. The highest BCUT2D eigenvalue weighted by molar-refractivity contribution is 7.97. The van der Waals surface area contributed by atoms with Crippen molar-refractivity contribution < 1.29 is 22.0 Å². The number of hydrogen-bond donors (Lipinski definition) is 0. The predicted octanol–water partition coefficient (Wildman–Crippen LogP) is 5.48. The van der Waals surface area contributed by atoms with Crippen LogP contribution >= 0.6 is 0 Å². The minimum absolute atomic E-state index is 0.241. The van der Waals surface area contributed by atoms with E-state index in [1.807, 2.05) is 0 Å². The number of rotatable bonds is 3. The Morgan fingerprint density at radius 3 is 1.62 bits per heavy atom. The number of hydrogen-bond acceptors (Lipinski definition) is 0. The van der Waals surface area contributed by atoms with Gasteiger partial charge in [-0.2, -0.15) is 0 Å². The first-order valence-electron chi connectivity index (χ1n) is 6.85. The molecule has 1 atom stereocenters. The summed E-state index contributed by atoms with van der Waals surface area (Å²) < 4.78 is 67.2. The SMILES string of the molecule is Fc1ccc([S+](c2cc(F)cc(F)c2)c2ccc(F)c(F)c2)cc1. The van der Waals surface area contributed by atoms with Gasteiger partial charge < -0.3 is 0 Å². The fraction of sp³-hybridized carbons (Fsp3) is 0.